The fourth-order valence-electron chi connectivity index (χ4n) is 5.29. The van der Waals surface area contributed by atoms with Crippen LogP contribution in [0.15, 0.2) is 60.7 Å². The number of rotatable bonds is 21. The van der Waals surface area contributed by atoms with Crippen LogP contribution in [0.1, 0.15) is 103 Å². The average molecular weight is 581 g/mol. The van der Waals surface area contributed by atoms with Crippen molar-refractivity contribution in [3.63, 3.8) is 0 Å². The minimum atomic E-state index is -1.06. The molecule has 6 nitrogen and oxygen atoms in total. The lowest BCUT2D eigenvalue weighted by Crippen LogP contribution is -2.51. The summed E-state index contributed by atoms with van der Waals surface area (Å²) in [4.78, 5) is 30.0. The minimum absolute atomic E-state index is 0.0676. The SMILES string of the molecule is CCCCCCCN(C)C(=O)COC(C)(c1ccccc1)C(C)(OCC(=O)N(C)CCCCCCC)c1ccccc1. The quantitative estimate of drug-likeness (QED) is 0.142. The second-order valence-electron chi connectivity index (χ2n) is 11.8. The van der Waals surface area contributed by atoms with Crippen LogP contribution in [0.25, 0.3) is 0 Å². The van der Waals surface area contributed by atoms with Gasteiger partial charge in [-0.25, -0.2) is 0 Å². The van der Waals surface area contributed by atoms with Gasteiger partial charge in [0.25, 0.3) is 0 Å². The lowest BCUT2D eigenvalue weighted by molar-refractivity contribution is -0.211. The summed E-state index contributed by atoms with van der Waals surface area (Å²) in [6.45, 7) is 9.58. The molecule has 234 valence electrons. The van der Waals surface area contributed by atoms with Crippen molar-refractivity contribution in [2.45, 2.75) is 103 Å². The van der Waals surface area contributed by atoms with Crippen LogP contribution in [0.4, 0.5) is 0 Å². The molecule has 0 aromatic heterocycles. The third-order valence-electron chi connectivity index (χ3n) is 8.57. The maximum Gasteiger partial charge on any atom is 0.248 e. The molecule has 2 atom stereocenters. The Morgan fingerprint density at radius 3 is 1.24 bits per heavy atom. The van der Waals surface area contributed by atoms with Gasteiger partial charge in [0.05, 0.1) is 0 Å². The zero-order valence-corrected chi connectivity index (χ0v) is 27.2. The number of hydrogen-bond donors (Lipinski definition) is 0. The van der Waals surface area contributed by atoms with Crippen molar-refractivity contribution in [3.8, 4) is 0 Å². The topological polar surface area (TPSA) is 59.1 Å². The number of carbonyl (C=O) groups excluding carboxylic acids is 2. The first-order valence-electron chi connectivity index (χ1n) is 16.1. The Labute approximate surface area is 255 Å². The molecule has 2 aromatic carbocycles. The Bertz CT molecular complexity index is 948. The first kappa shape index (κ1) is 35.5. The Kier molecular flexibility index (Phi) is 15.9. The number of amides is 2. The van der Waals surface area contributed by atoms with Gasteiger partial charge in [0.1, 0.15) is 24.4 Å². The highest BCUT2D eigenvalue weighted by molar-refractivity contribution is 5.77. The molecule has 0 heterocycles. The van der Waals surface area contributed by atoms with E-state index in [2.05, 4.69) is 13.8 Å². The molecule has 0 saturated carbocycles. The molecule has 0 bridgehead atoms. The van der Waals surface area contributed by atoms with E-state index in [1.165, 1.54) is 38.5 Å². The molecule has 0 spiro atoms. The Morgan fingerprint density at radius 2 is 0.905 bits per heavy atom. The molecule has 2 unspecified atom stereocenters. The molecule has 2 rings (SSSR count). The predicted octanol–water partition coefficient (Wildman–Crippen LogP) is 7.71. The van der Waals surface area contributed by atoms with Crippen molar-refractivity contribution < 1.29 is 19.1 Å². The van der Waals surface area contributed by atoms with E-state index in [1.54, 1.807) is 9.80 Å². The maximum absolute atomic E-state index is 13.2. The van der Waals surface area contributed by atoms with Crippen molar-refractivity contribution in [2.24, 2.45) is 0 Å². The van der Waals surface area contributed by atoms with Gasteiger partial charge in [0.15, 0.2) is 0 Å². The molecule has 0 radical (unpaired) electrons. The van der Waals surface area contributed by atoms with Gasteiger partial charge in [-0.05, 0) is 37.8 Å². The molecule has 0 fully saturated rings. The molecule has 0 aliphatic heterocycles. The van der Waals surface area contributed by atoms with Crippen molar-refractivity contribution in [1.29, 1.82) is 0 Å². The normalized spacial score (nSPS) is 14.1. The van der Waals surface area contributed by atoms with Crippen LogP contribution in [-0.4, -0.2) is 62.0 Å². The van der Waals surface area contributed by atoms with Gasteiger partial charge in [0, 0.05) is 27.2 Å². The van der Waals surface area contributed by atoms with Gasteiger partial charge in [-0.2, -0.15) is 0 Å². The summed E-state index contributed by atoms with van der Waals surface area (Å²) in [6, 6.07) is 19.8. The van der Waals surface area contributed by atoms with Crippen LogP contribution in [0.2, 0.25) is 0 Å². The molecular weight excluding hydrogens is 524 g/mol. The largest absolute Gasteiger partial charge is 0.357 e. The van der Waals surface area contributed by atoms with Crippen LogP contribution in [-0.2, 0) is 30.3 Å². The van der Waals surface area contributed by atoms with Crippen molar-refractivity contribution in [1.82, 2.24) is 9.80 Å². The highest BCUT2D eigenvalue weighted by Crippen LogP contribution is 2.46. The van der Waals surface area contributed by atoms with E-state index in [0.717, 1.165) is 36.8 Å². The molecule has 42 heavy (non-hydrogen) atoms. The number of nitrogens with zero attached hydrogens (tertiary/aromatic N) is 2. The standard InChI is InChI=1S/C36H56N2O4/c1-7-9-11-13-21-27-37(5)33(39)29-41-35(3,31-23-17-15-18-24-31)36(4,32-25-19-16-20-26-32)42-30-34(40)38(6)28-22-14-12-10-8-2/h15-20,23-26H,7-14,21-22,27-30H2,1-6H3. The molecule has 0 saturated heterocycles. The second kappa shape index (κ2) is 18.8. The number of ether oxygens (including phenoxy) is 2. The number of hydrogen-bond acceptors (Lipinski definition) is 4. The highest BCUT2D eigenvalue weighted by Gasteiger charge is 2.50. The van der Waals surface area contributed by atoms with Crippen molar-refractivity contribution >= 4 is 11.8 Å². The van der Waals surface area contributed by atoms with Crippen LogP contribution in [0, 0.1) is 0 Å². The van der Waals surface area contributed by atoms with Crippen molar-refractivity contribution in [2.75, 3.05) is 40.4 Å². The average Bonchev–Trinajstić information content (AvgIpc) is 3.02. The molecule has 0 N–H and O–H groups in total. The summed E-state index contributed by atoms with van der Waals surface area (Å²) in [6.07, 6.45) is 11.4. The first-order chi connectivity index (χ1) is 20.2. The van der Waals surface area contributed by atoms with Gasteiger partial charge in [0.2, 0.25) is 11.8 Å². The van der Waals surface area contributed by atoms with Gasteiger partial charge in [-0.3, -0.25) is 9.59 Å². The van der Waals surface area contributed by atoms with E-state index >= 15 is 0 Å². The third kappa shape index (κ3) is 10.5. The Morgan fingerprint density at radius 1 is 0.571 bits per heavy atom. The molecule has 2 amide bonds. The lowest BCUT2D eigenvalue weighted by Gasteiger charge is -2.46. The van der Waals surface area contributed by atoms with E-state index in [-0.39, 0.29) is 25.0 Å². The van der Waals surface area contributed by atoms with E-state index in [4.69, 9.17) is 9.47 Å². The first-order valence-corrected chi connectivity index (χ1v) is 16.1. The fourth-order valence-corrected chi connectivity index (χ4v) is 5.29. The predicted molar refractivity (Wildman–Crippen MR) is 172 cm³/mol. The van der Waals surface area contributed by atoms with Crippen molar-refractivity contribution in [3.05, 3.63) is 71.8 Å². The monoisotopic (exact) mass is 580 g/mol. The van der Waals surface area contributed by atoms with E-state index < -0.39 is 11.2 Å². The maximum atomic E-state index is 13.2. The summed E-state index contributed by atoms with van der Waals surface area (Å²) in [5.41, 5.74) is -0.371. The number of carbonyl (C=O) groups is 2. The van der Waals surface area contributed by atoms with E-state index in [0.29, 0.717) is 13.1 Å². The molecular formula is C36H56N2O4. The minimum Gasteiger partial charge on any atom is -0.357 e. The molecule has 0 aliphatic carbocycles. The number of likely N-dealkylation sites (N-methyl/N-ethyl adjacent to an activating group) is 2. The lowest BCUT2D eigenvalue weighted by atomic mass is 9.75. The third-order valence-corrected chi connectivity index (χ3v) is 8.57. The van der Waals surface area contributed by atoms with Crippen LogP contribution in [0.5, 0.6) is 0 Å². The number of benzene rings is 2. The summed E-state index contributed by atoms with van der Waals surface area (Å²) in [5.74, 6) is -0.135. The summed E-state index contributed by atoms with van der Waals surface area (Å²) in [5, 5.41) is 0. The highest BCUT2D eigenvalue weighted by atomic mass is 16.6. The Hall–Kier alpha value is -2.70. The van der Waals surface area contributed by atoms with E-state index in [1.807, 2.05) is 88.6 Å². The van der Waals surface area contributed by atoms with Crippen LogP contribution >= 0.6 is 0 Å². The second-order valence-corrected chi connectivity index (χ2v) is 11.8. The zero-order valence-electron chi connectivity index (χ0n) is 27.2. The Balaban J connectivity index is 2.25. The smallest absolute Gasteiger partial charge is 0.248 e. The number of unbranched alkanes of at least 4 members (excludes halogenated alkanes) is 8. The van der Waals surface area contributed by atoms with Crippen LogP contribution in [0.3, 0.4) is 0 Å². The van der Waals surface area contributed by atoms with E-state index in [9.17, 15) is 9.59 Å². The van der Waals surface area contributed by atoms with Crippen LogP contribution < -0.4 is 0 Å². The summed E-state index contributed by atoms with van der Waals surface area (Å²) < 4.78 is 13.2. The van der Waals surface area contributed by atoms with Gasteiger partial charge in [-0.1, -0.05) is 126 Å². The summed E-state index contributed by atoms with van der Waals surface area (Å²) >= 11 is 0. The molecule has 6 heteroatoms. The fraction of sp³-hybridized carbons (Fsp3) is 0.611. The van der Waals surface area contributed by atoms with Gasteiger partial charge < -0.3 is 19.3 Å². The molecule has 2 aromatic rings. The molecule has 0 aliphatic rings. The zero-order chi connectivity index (χ0) is 30.8. The van der Waals surface area contributed by atoms with Gasteiger partial charge >= 0.3 is 0 Å². The summed E-state index contributed by atoms with van der Waals surface area (Å²) in [7, 11) is 3.68. The van der Waals surface area contributed by atoms with Gasteiger partial charge in [-0.15, -0.1) is 0 Å².